The summed E-state index contributed by atoms with van der Waals surface area (Å²) < 4.78 is 6.79. The predicted molar refractivity (Wildman–Crippen MR) is 113 cm³/mol. The molecular formula is C20H20ClN3O3S. The van der Waals surface area contributed by atoms with Crippen LogP contribution < -0.4 is 10.9 Å². The number of halogens is 1. The lowest BCUT2D eigenvalue weighted by Crippen LogP contribution is -2.29. The Morgan fingerprint density at radius 1 is 1.29 bits per heavy atom. The van der Waals surface area contributed by atoms with Crippen LogP contribution >= 0.6 is 23.4 Å². The lowest BCUT2D eigenvalue weighted by molar-refractivity contribution is -0.113. The Bertz CT molecular complexity index is 1050. The van der Waals surface area contributed by atoms with Crippen LogP contribution in [0.1, 0.15) is 13.0 Å². The van der Waals surface area contributed by atoms with E-state index in [-0.39, 0.29) is 23.3 Å². The highest BCUT2D eigenvalue weighted by atomic mass is 35.5. The Morgan fingerprint density at radius 2 is 2.07 bits per heavy atom. The molecule has 2 aromatic carbocycles. The monoisotopic (exact) mass is 417 g/mol. The number of para-hydroxylation sites is 1. The number of amides is 1. The summed E-state index contributed by atoms with van der Waals surface area (Å²) in [7, 11) is 1.58. The number of hydrogen-bond donors (Lipinski definition) is 1. The minimum atomic E-state index is -0.215. The molecule has 1 atom stereocenters. The predicted octanol–water partition coefficient (Wildman–Crippen LogP) is 3.99. The Morgan fingerprint density at radius 3 is 2.82 bits per heavy atom. The largest absolute Gasteiger partial charge is 0.383 e. The van der Waals surface area contributed by atoms with Gasteiger partial charge in [-0.25, -0.2) is 4.98 Å². The van der Waals surface area contributed by atoms with Gasteiger partial charge in [0.05, 0.1) is 29.3 Å². The van der Waals surface area contributed by atoms with E-state index in [2.05, 4.69) is 10.3 Å². The fourth-order valence-electron chi connectivity index (χ4n) is 2.83. The van der Waals surface area contributed by atoms with Crippen LogP contribution in [0.25, 0.3) is 10.9 Å². The Balaban J connectivity index is 1.85. The summed E-state index contributed by atoms with van der Waals surface area (Å²) in [6, 6.07) is 13.9. The molecule has 3 aromatic rings. The van der Waals surface area contributed by atoms with E-state index in [0.29, 0.717) is 33.4 Å². The molecule has 0 saturated heterocycles. The summed E-state index contributed by atoms with van der Waals surface area (Å²) >= 11 is 7.16. The maximum absolute atomic E-state index is 13.0. The first kappa shape index (κ1) is 20.4. The summed E-state index contributed by atoms with van der Waals surface area (Å²) in [5, 5.41) is 4.36. The molecule has 1 aromatic heterocycles. The van der Waals surface area contributed by atoms with Gasteiger partial charge in [0.2, 0.25) is 5.91 Å². The number of ether oxygens (including phenoxy) is 1. The van der Waals surface area contributed by atoms with Crippen molar-refractivity contribution in [1.82, 2.24) is 9.55 Å². The van der Waals surface area contributed by atoms with Crippen LogP contribution in [0, 0.1) is 0 Å². The average molecular weight is 418 g/mol. The summed E-state index contributed by atoms with van der Waals surface area (Å²) in [6.45, 7) is 2.25. The second-order valence-electron chi connectivity index (χ2n) is 6.24. The van der Waals surface area contributed by atoms with Crippen molar-refractivity contribution in [2.45, 2.75) is 18.1 Å². The lowest BCUT2D eigenvalue weighted by Gasteiger charge is -2.18. The average Bonchev–Trinajstić information content (AvgIpc) is 2.66. The van der Waals surface area contributed by atoms with Gasteiger partial charge in [-0.3, -0.25) is 14.2 Å². The number of thioether (sulfide) groups is 1. The minimum Gasteiger partial charge on any atom is -0.383 e. The Kier molecular flexibility index (Phi) is 6.72. The molecule has 6 nitrogen and oxygen atoms in total. The van der Waals surface area contributed by atoms with E-state index >= 15 is 0 Å². The van der Waals surface area contributed by atoms with Crippen molar-refractivity contribution < 1.29 is 9.53 Å². The van der Waals surface area contributed by atoms with E-state index in [0.717, 1.165) is 0 Å². The normalized spacial score (nSPS) is 12.1. The third-order valence-corrected chi connectivity index (χ3v) is 5.25. The number of methoxy groups -OCH3 is 1. The van der Waals surface area contributed by atoms with E-state index in [1.54, 1.807) is 48.1 Å². The van der Waals surface area contributed by atoms with Gasteiger partial charge in [-0.15, -0.1) is 0 Å². The standard InChI is InChI=1S/C20H20ClN3O3S/c1-13(11-27-2)24-19(26)16-8-3-4-9-17(16)23-20(24)28-12-18(25)22-15-7-5-6-14(21)10-15/h3-10,13H,11-12H2,1-2H3,(H,22,25)/t13-/m0/s1. The molecule has 1 N–H and O–H groups in total. The van der Waals surface area contributed by atoms with E-state index < -0.39 is 0 Å². The first-order valence-corrected chi connectivity index (χ1v) is 10.0. The molecule has 0 radical (unpaired) electrons. The molecule has 1 amide bonds. The maximum atomic E-state index is 13.0. The van der Waals surface area contributed by atoms with Crippen molar-refractivity contribution in [1.29, 1.82) is 0 Å². The Hall–Kier alpha value is -2.35. The zero-order valence-electron chi connectivity index (χ0n) is 15.5. The summed E-state index contributed by atoms with van der Waals surface area (Å²) in [5.74, 6) is -0.0996. The molecule has 0 saturated carbocycles. The number of nitrogens with zero attached hydrogens (tertiary/aromatic N) is 2. The van der Waals surface area contributed by atoms with Gasteiger partial charge >= 0.3 is 0 Å². The molecule has 146 valence electrons. The van der Waals surface area contributed by atoms with Crippen molar-refractivity contribution in [2.75, 3.05) is 24.8 Å². The molecule has 0 aliphatic rings. The number of carbonyl (C=O) groups is 1. The molecule has 28 heavy (non-hydrogen) atoms. The quantitative estimate of drug-likeness (QED) is 0.465. The van der Waals surface area contributed by atoms with E-state index in [1.165, 1.54) is 11.8 Å². The molecule has 0 unspecified atom stereocenters. The van der Waals surface area contributed by atoms with Crippen LogP contribution in [0.5, 0.6) is 0 Å². The van der Waals surface area contributed by atoms with Crippen molar-refractivity contribution in [2.24, 2.45) is 0 Å². The minimum absolute atomic E-state index is 0.108. The van der Waals surface area contributed by atoms with Crippen LogP contribution in [-0.2, 0) is 9.53 Å². The highest BCUT2D eigenvalue weighted by Crippen LogP contribution is 2.22. The third kappa shape index (κ3) is 4.73. The number of benzene rings is 2. The molecule has 0 bridgehead atoms. The topological polar surface area (TPSA) is 73.2 Å². The Labute approximate surface area is 171 Å². The van der Waals surface area contributed by atoms with Crippen LogP contribution in [-0.4, -0.2) is 34.9 Å². The van der Waals surface area contributed by atoms with Gasteiger partial charge in [-0.2, -0.15) is 0 Å². The first-order valence-electron chi connectivity index (χ1n) is 8.68. The number of fused-ring (bicyclic) bond motifs is 1. The second-order valence-corrected chi connectivity index (χ2v) is 7.62. The van der Waals surface area contributed by atoms with Gasteiger partial charge in [0.25, 0.3) is 5.56 Å². The molecule has 0 aliphatic carbocycles. The highest BCUT2D eigenvalue weighted by Gasteiger charge is 2.17. The molecule has 0 aliphatic heterocycles. The summed E-state index contributed by atoms with van der Waals surface area (Å²) in [4.78, 5) is 29.9. The van der Waals surface area contributed by atoms with Crippen molar-refractivity contribution in [3.05, 3.63) is 63.9 Å². The van der Waals surface area contributed by atoms with Crippen molar-refractivity contribution in [3.8, 4) is 0 Å². The second kappa shape index (κ2) is 9.23. The number of aromatic nitrogens is 2. The number of anilines is 1. The molecule has 1 heterocycles. The van der Waals surface area contributed by atoms with Gasteiger partial charge < -0.3 is 10.1 Å². The smallest absolute Gasteiger partial charge is 0.262 e. The van der Waals surface area contributed by atoms with Gasteiger partial charge in [-0.05, 0) is 37.3 Å². The van der Waals surface area contributed by atoms with Gasteiger partial charge in [0.1, 0.15) is 0 Å². The molecule has 3 rings (SSSR count). The highest BCUT2D eigenvalue weighted by molar-refractivity contribution is 7.99. The van der Waals surface area contributed by atoms with E-state index in [4.69, 9.17) is 16.3 Å². The van der Waals surface area contributed by atoms with Gasteiger partial charge in [-0.1, -0.05) is 41.6 Å². The molecule has 0 spiro atoms. The number of carbonyl (C=O) groups excluding carboxylic acids is 1. The van der Waals surface area contributed by atoms with Crippen LogP contribution in [0.2, 0.25) is 5.02 Å². The zero-order valence-corrected chi connectivity index (χ0v) is 17.1. The molecule has 8 heteroatoms. The number of hydrogen-bond acceptors (Lipinski definition) is 5. The van der Waals surface area contributed by atoms with Gasteiger partial charge in [0, 0.05) is 17.8 Å². The SMILES string of the molecule is COC[C@H](C)n1c(SCC(=O)Nc2cccc(Cl)c2)nc2ccccc2c1=O. The van der Waals surface area contributed by atoms with Crippen molar-refractivity contribution in [3.63, 3.8) is 0 Å². The van der Waals surface area contributed by atoms with Crippen molar-refractivity contribution >= 4 is 45.9 Å². The van der Waals surface area contributed by atoms with Gasteiger partial charge in [0.15, 0.2) is 5.16 Å². The number of nitrogens with one attached hydrogen (secondary N) is 1. The zero-order chi connectivity index (χ0) is 20.1. The lowest BCUT2D eigenvalue weighted by atomic mass is 10.2. The summed E-state index contributed by atoms with van der Waals surface area (Å²) in [6.07, 6.45) is 0. The summed E-state index contributed by atoms with van der Waals surface area (Å²) in [5.41, 5.74) is 1.08. The van der Waals surface area contributed by atoms with Crippen LogP contribution in [0.3, 0.4) is 0 Å². The first-order chi connectivity index (χ1) is 13.5. The molecular weight excluding hydrogens is 398 g/mol. The number of rotatable bonds is 7. The fourth-order valence-corrected chi connectivity index (χ4v) is 3.91. The van der Waals surface area contributed by atoms with E-state index in [1.807, 2.05) is 19.1 Å². The maximum Gasteiger partial charge on any atom is 0.262 e. The van der Waals surface area contributed by atoms with E-state index in [9.17, 15) is 9.59 Å². The fraction of sp³-hybridized carbons (Fsp3) is 0.250. The van der Waals surface area contributed by atoms with Crippen LogP contribution in [0.4, 0.5) is 5.69 Å². The molecule has 0 fully saturated rings. The van der Waals surface area contributed by atoms with Crippen LogP contribution in [0.15, 0.2) is 58.5 Å². The third-order valence-electron chi connectivity index (χ3n) is 4.06.